The molecule has 1 amide bonds. The summed E-state index contributed by atoms with van der Waals surface area (Å²) < 4.78 is 5.21. The largest absolute Gasteiger partial charge is 0.475 e. The van der Waals surface area contributed by atoms with Crippen LogP contribution in [-0.4, -0.2) is 40.6 Å². The van der Waals surface area contributed by atoms with Crippen molar-refractivity contribution in [2.75, 3.05) is 6.61 Å². The van der Waals surface area contributed by atoms with Gasteiger partial charge in [0.1, 0.15) is 0 Å². The van der Waals surface area contributed by atoms with Crippen LogP contribution in [0.5, 0.6) is 5.88 Å². The molecule has 0 aliphatic heterocycles. The van der Waals surface area contributed by atoms with Crippen molar-refractivity contribution < 1.29 is 19.6 Å². The minimum Gasteiger partial charge on any atom is -0.468 e. The van der Waals surface area contributed by atoms with Gasteiger partial charge < -0.3 is 20.1 Å². The predicted octanol–water partition coefficient (Wildman–Crippen LogP) is 0.200. The zero-order valence-corrected chi connectivity index (χ0v) is 11.9. The van der Waals surface area contributed by atoms with Gasteiger partial charge in [0.25, 0.3) is 5.91 Å². The minimum absolute atomic E-state index is 0.241. The summed E-state index contributed by atoms with van der Waals surface area (Å²) in [5.41, 5.74) is 0.895. The van der Waals surface area contributed by atoms with Crippen LogP contribution in [0.25, 0.3) is 0 Å². The first-order chi connectivity index (χ1) is 10.6. The van der Waals surface area contributed by atoms with Gasteiger partial charge in [0.15, 0.2) is 6.61 Å². The first-order valence-corrected chi connectivity index (χ1v) is 6.88. The lowest BCUT2D eigenvalue weighted by Crippen LogP contribution is -2.49. The fourth-order valence-electron chi connectivity index (χ4n) is 1.92. The first kappa shape index (κ1) is 16.0. The molecular weight excluding hydrogens is 283 g/mol. The maximum absolute atomic E-state index is 11.8. The van der Waals surface area contributed by atoms with Gasteiger partial charge in [-0.15, -0.1) is 0 Å². The monoisotopic (exact) mass is 300 g/mol. The molecule has 1 atom stereocenters. The van der Waals surface area contributed by atoms with E-state index in [0.717, 1.165) is 5.56 Å². The Hall–Kier alpha value is -2.38. The molecule has 6 nitrogen and oxygen atoms in total. The van der Waals surface area contributed by atoms with Crippen LogP contribution in [-0.2, 0) is 11.2 Å². The van der Waals surface area contributed by atoms with Crippen molar-refractivity contribution >= 4 is 13.0 Å². The molecule has 114 valence electrons. The second kappa shape index (κ2) is 8.16. The summed E-state index contributed by atoms with van der Waals surface area (Å²) in [5.74, 6) is -0.913. The molecule has 1 aromatic heterocycles. The van der Waals surface area contributed by atoms with Crippen LogP contribution in [0.2, 0.25) is 0 Å². The Labute approximate surface area is 128 Å². The van der Waals surface area contributed by atoms with Crippen molar-refractivity contribution in [3.63, 3.8) is 0 Å². The SMILES string of the molecule is O=C(COc1ccccn1)NC(Cc1ccccc1)B(O)O. The van der Waals surface area contributed by atoms with Gasteiger partial charge in [0.2, 0.25) is 5.88 Å². The van der Waals surface area contributed by atoms with E-state index in [-0.39, 0.29) is 6.61 Å². The Morgan fingerprint density at radius 2 is 1.91 bits per heavy atom. The van der Waals surface area contributed by atoms with E-state index in [1.807, 2.05) is 30.3 Å². The van der Waals surface area contributed by atoms with Crippen molar-refractivity contribution in [2.45, 2.75) is 12.4 Å². The minimum atomic E-state index is -1.65. The number of hydrogen-bond donors (Lipinski definition) is 3. The average molecular weight is 300 g/mol. The van der Waals surface area contributed by atoms with Gasteiger partial charge in [-0.1, -0.05) is 36.4 Å². The second-order valence-electron chi connectivity index (χ2n) is 4.73. The van der Waals surface area contributed by atoms with Gasteiger partial charge in [0, 0.05) is 12.3 Å². The van der Waals surface area contributed by atoms with E-state index in [1.165, 1.54) is 0 Å². The molecule has 22 heavy (non-hydrogen) atoms. The Balaban J connectivity index is 1.86. The van der Waals surface area contributed by atoms with Crippen LogP contribution >= 0.6 is 0 Å². The van der Waals surface area contributed by atoms with Crippen LogP contribution < -0.4 is 10.1 Å². The molecule has 2 rings (SSSR count). The molecule has 3 N–H and O–H groups in total. The lowest BCUT2D eigenvalue weighted by Gasteiger charge is -2.18. The van der Waals surface area contributed by atoms with Gasteiger partial charge >= 0.3 is 7.12 Å². The maximum atomic E-state index is 11.8. The Bertz CT molecular complexity index is 581. The molecular formula is C15H17BN2O4. The zero-order chi connectivity index (χ0) is 15.8. The van der Waals surface area contributed by atoms with Crippen molar-refractivity contribution in [1.82, 2.24) is 10.3 Å². The summed E-state index contributed by atoms with van der Waals surface area (Å²) in [7, 11) is -1.65. The highest BCUT2D eigenvalue weighted by atomic mass is 16.5. The number of pyridine rings is 1. The van der Waals surface area contributed by atoms with E-state index in [4.69, 9.17) is 4.74 Å². The summed E-state index contributed by atoms with van der Waals surface area (Å²) >= 11 is 0. The Morgan fingerprint density at radius 3 is 2.55 bits per heavy atom. The molecule has 7 heteroatoms. The Morgan fingerprint density at radius 1 is 1.18 bits per heavy atom. The highest BCUT2D eigenvalue weighted by Crippen LogP contribution is 2.05. The number of aromatic nitrogens is 1. The van der Waals surface area contributed by atoms with E-state index >= 15 is 0 Å². The number of nitrogens with one attached hydrogen (secondary N) is 1. The van der Waals surface area contributed by atoms with Crippen LogP contribution in [0.1, 0.15) is 5.56 Å². The van der Waals surface area contributed by atoms with E-state index in [9.17, 15) is 14.8 Å². The van der Waals surface area contributed by atoms with Crippen molar-refractivity contribution in [2.24, 2.45) is 0 Å². The molecule has 1 unspecified atom stereocenters. The number of ether oxygens (including phenoxy) is 1. The molecule has 1 aromatic carbocycles. The van der Waals surface area contributed by atoms with Crippen molar-refractivity contribution in [1.29, 1.82) is 0 Å². The highest BCUT2D eigenvalue weighted by Gasteiger charge is 2.25. The number of carbonyl (C=O) groups excluding carboxylic acids is 1. The third kappa shape index (κ3) is 5.19. The van der Waals surface area contributed by atoms with Gasteiger partial charge in [-0.25, -0.2) is 4.98 Å². The van der Waals surface area contributed by atoms with Crippen molar-refractivity contribution in [3.05, 3.63) is 60.3 Å². The standard InChI is InChI=1S/C15H17BN2O4/c19-14(11-22-15-8-4-5-9-17-15)18-13(16(20)21)10-12-6-2-1-3-7-12/h1-9,13,20-21H,10-11H2,(H,18,19). The summed E-state index contributed by atoms with van der Waals surface area (Å²) in [6, 6.07) is 14.4. The average Bonchev–Trinajstić information content (AvgIpc) is 2.54. The fraction of sp³-hybridized carbons (Fsp3) is 0.200. The van der Waals surface area contributed by atoms with Gasteiger partial charge in [-0.3, -0.25) is 4.79 Å². The molecule has 0 saturated carbocycles. The summed E-state index contributed by atoms with van der Waals surface area (Å²) in [4.78, 5) is 15.8. The lowest BCUT2D eigenvalue weighted by molar-refractivity contribution is -0.123. The summed E-state index contributed by atoms with van der Waals surface area (Å²) in [6.45, 7) is -0.241. The number of carbonyl (C=O) groups is 1. The molecule has 1 heterocycles. The number of nitrogens with zero attached hydrogens (tertiary/aromatic N) is 1. The maximum Gasteiger partial charge on any atom is 0.475 e. The molecule has 0 radical (unpaired) electrons. The fourth-order valence-corrected chi connectivity index (χ4v) is 1.92. The number of rotatable bonds is 7. The predicted molar refractivity (Wildman–Crippen MR) is 82.0 cm³/mol. The van der Waals surface area contributed by atoms with E-state index in [0.29, 0.717) is 12.3 Å². The third-order valence-corrected chi connectivity index (χ3v) is 2.99. The van der Waals surface area contributed by atoms with Crippen LogP contribution in [0, 0.1) is 0 Å². The molecule has 0 aliphatic rings. The Kier molecular flexibility index (Phi) is 5.94. The first-order valence-electron chi connectivity index (χ1n) is 6.88. The molecule has 2 aromatic rings. The van der Waals surface area contributed by atoms with E-state index in [2.05, 4.69) is 10.3 Å². The summed E-state index contributed by atoms with van der Waals surface area (Å²) in [5, 5.41) is 21.3. The molecule has 0 saturated heterocycles. The smallest absolute Gasteiger partial charge is 0.468 e. The van der Waals surface area contributed by atoms with E-state index in [1.54, 1.807) is 24.4 Å². The molecule has 0 aliphatic carbocycles. The third-order valence-electron chi connectivity index (χ3n) is 2.99. The second-order valence-corrected chi connectivity index (χ2v) is 4.73. The van der Waals surface area contributed by atoms with Crippen LogP contribution in [0.15, 0.2) is 54.7 Å². The van der Waals surface area contributed by atoms with Gasteiger partial charge in [-0.05, 0) is 18.1 Å². The molecule has 0 bridgehead atoms. The normalized spacial score (nSPS) is 11.5. The summed E-state index contributed by atoms with van der Waals surface area (Å²) in [6.07, 6.45) is 1.87. The lowest BCUT2D eigenvalue weighted by atomic mass is 9.76. The zero-order valence-electron chi connectivity index (χ0n) is 11.9. The van der Waals surface area contributed by atoms with E-state index < -0.39 is 19.0 Å². The number of amides is 1. The van der Waals surface area contributed by atoms with Gasteiger partial charge in [0.05, 0.1) is 5.94 Å². The highest BCUT2D eigenvalue weighted by molar-refractivity contribution is 6.43. The number of hydrogen-bond acceptors (Lipinski definition) is 5. The van der Waals surface area contributed by atoms with Crippen LogP contribution in [0.3, 0.4) is 0 Å². The van der Waals surface area contributed by atoms with Crippen LogP contribution in [0.4, 0.5) is 0 Å². The number of benzene rings is 1. The topological polar surface area (TPSA) is 91.7 Å². The quantitative estimate of drug-likeness (QED) is 0.635. The molecule has 0 fully saturated rings. The van der Waals surface area contributed by atoms with Gasteiger partial charge in [-0.2, -0.15) is 0 Å². The molecule has 0 spiro atoms. The van der Waals surface area contributed by atoms with Crippen molar-refractivity contribution in [3.8, 4) is 5.88 Å².